The van der Waals surface area contributed by atoms with Crippen LogP contribution in [-0.2, 0) is 6.42 Å². The summed E-state index contributed by atoms with van der Waals surface area (Å²) in [4.78, 5) is 0. The minimum atomic E-state index is 0.527. The van der Waals surface area contributed by atoms with Crippen molar-refractivity contribution in [3.8, 4) is 0 Å². The van der Waals surface area contributed by atoms with E-state index in [9.17, 15) is 0 Å². The lowest BCUT2D eigenvalue weighted by atomic mass is 9.98. The number of nitrogens with one attached hydrogen (secondary N) is 1. The van der Waals surface area contributed by atoms with Crippen LogP contribution in [0.2, 0.25) is 0 Å². The smallest absolute Gasteiger partial charge is 0.0438 e. The Hall–Kier alpha value is -0.470. The Morgan fingerprint density at radius 1 is 1.50 bits per heavy atom. The van der Waals surface area contributed by atoms with E-state index >= 15 is 0 Å². The van der Waals surface area contributed by atoms with Crippen LogP contribution in [0.1, 0.15) is 36.9 Å². The molecule has 2 heteroatoms. The Labute approximate surface area is 103 Å². The minimum absolute atomic E-state index is 0.527. The van der Waals surface area contributed by atoms with E-state index < -0.39 is 0 Å². The van der Waals surface area contributed by atoms with Gasteiger partial charge in [-0.15, -0.1) is 0 Å². The van der Waals surface area contributed by atoms with Crippen molar-refractivity contribution in [1.29, 1.82) is 0 Å². The van der Waals surface area contributed by atoms with E-state index in [4.69, 9.17) is 0 Å². The van der Waals surface area contributed by atoms with Crippen LogP contribution in [-0.4, -0.2) is 18.1 Å². The molecule has 1 aliphatic heterocycles. The summed E-state index contributed by atoms with van der Waals surface area (Å²) >= 11 is 2.12. The molecule has 0 saturated carbocycles. The third-order valence-corrected chi connectivity index (χ3v) is 4.83. The number of hydrogen-bond acceptors (Lipinski definition) is 2. The summed E-state index contributed by atoms with van der Waals surface area (Å²) in [5.41, 5.74) is 2.90. The summed E-state index contributed by atoms with van der Waals surface area (Å²) in [5, 5.41) is 4.25. The highest BCUT2D eigenvalue weighted by molar-refractivity contribution is 8.00. The molecular weight excluding hydrogens is 214 g/mol. The van der Waals surface area contributed by atoms with Gasteiger partial charge < -0.3 is 5.32 Å². The van der Waals surface area contributed by atoms with Crippen LogP contribution in [0.5, 0.6) is 0 Å². The van der Waals surface area contributed by atoms with Gasteiger partial charge in [-0.3, -0.25) is 0 Å². The molecule has 0 amide bonds. The number of thioether (sulfide) groups is 1. The molecule has 1 N–H and O–H groups in total. The normalized spacial score (nSPS) is 22.2. The molecule has 1 aromatic carbocycles. The number of hydrogen-bond donors (Lipinski definition) is 1. The highest BCUT2D eigenvalue weighted by atomic mass is 32.2. The molecular formula is C14H21NS. The zero-order valence-corrected chi connectivity index (χ0v) is 11.0. The zero-order chi connectivity index (χ0) is 11.4. The van der Waals surface area contributed by atoms with Gasteiger partial charge in [0.05, 0.1) is 0 Å². The second-order valence-electron chi connectivity index (χ2n) is 4.42. The first-order chi connectivity index (χ1) is 7.85. The van der Waals surface area contributed by atoms with Crippen molar-refractivity contribution in [2.24, 2.45) is 0 Å². The van der Waals surface area contributed by atoms with Gasteiger partial charge in [-0.05, 0) is 43.2 Å². The molecule has 1 saturated heterocycles. The van der Waals surface area contributed by atoms with E-state index in [1.165, 1.54) is 29.7 Å². The fourth-order valence-corrected chi connectivity index (χ4v) is 3.89. The van der Waals surface area contributed by atoms with Crippen LogP contribution in [0, 0.1) is 0 Å². The van der Waals surface area contributed by atoms with Gasteiger partial charge in [-0.2, -0.15) is 11.8 Å². The highest BCUT2D eigenvalue weighted by Crippen LogP contribution is 2.35. The maximum Gasteiger partial charge on any atom is 0.0438 e. The summed E-state index contributed by atoms with van der Waals surface area (Å²) in [6.07, 6.45) is 3.86. The van der Waals surface area contributed by atoms with Crippen molar-refractivity contribution in [2.75, 3.05) is 12.8 Å². The van der Waals surface area contributed by atoms with Crippen LogP contribution in [0.4, 0.5) is 0 Å². The molecule has 1 aromatic rings. The van der Waals surface area contributed by atoms with Gasteiger partial charge in [0.2, 0.25) is 0 Å². The van der Waals surface area contributed by atoms with Crippen molar-refractivity contribution in [1.82, 2.24) is 5.32 Å². The summed E-state index contributed by atoms with van der Waals surface area (Å²) in [6, 6.07) is 9.56. The second-order valence-corrected chi connectivity index (χ2v) is 5.76. The van der Waals surface area contributed by atoms with Gasteiger partial charge in [-0.25, -0.2) is 0 Å². The molecule has 16 heavy (non-hydrogen) atoms. The average Bonchev–Trinajstić information content (AvgIpc) is 2.84. The second kappa shape index (κ2) is 5.74. The van der Waals surface area contributed by atoms with E-state index in [-0.39, 0.29) is 0 Å². The summed E-state index contributed by atoms with van der Waals surface area (Å²) in [7, 11) is 2.09. The number of benzene rings is 1. The van der Waals surface area contributed by atoms with Crippen LogP contribution in [0.25, 0.3) is 0 Å². The predicted octanol–water partition coefficient (Wildman–Crippen LogP) is 3.41. The first kappa shape index (κ1) is 12.0. The van der Waals surface area contributed by atoms with Crippen LogP contribution < -0.4 is 5.32 Å². The number of rotatable bonds is 4. The van der Waals surface area contributed by atoms with Gasteiger partial charge in [0.15, 0.2) is 0 Å². The fraction of sp³-hybridized carbons (Fsp3) is 0.571. The molecule has 0 bridgehead atoms. The van der Waals surface area contributed by atoms with Gasteiger partial charge in [-0.1, -0.05) is 31.2 Å². The Bertz CT molecular complexity index is 331. The Morgan fingerprint density at radius 2 is 2.38 bits per heavy atom. The fourth-order valence-electron chi connectivity index (χ4n) is 2.44. The molecule has 0 spiro atoms. The van der Waals surface area contributed by atoms with Crippen molar-refractivity contribution in [2.45, 2.75) is 37.5 Å². The van der Waals surface area contributed by atoms with Gasteiger partial charge in [0.1, 0.15) is 0 Å². The molecule has 2 unspecified atom stereocenters. The van der Waals surface area contributed by atoms with Gasteiger partial charge >= 0.3 is 0 Å². The average molecular weight is 235 g/mol. The SMILES string of the molecule is CCc1cccc(C(NC)C2CCCS2)c1. The maximum absolute atomic E-state index is 3.49. The minimum Gasteiger partial charge on any atom is -0.312 e. The zero-order valence-electron chi connectivity index (χ0n) is 10.2. The molecule has 0 radical (unpaired) electrons. The first-order valence-corrected chi connectivity index (χ1v) is 7.27. The molecule has 1 fully saturated rings. The van der Waals surface area contributed by atoms with Crippen molar-refractivity contribution in [3.63, 3.8) is 0 Å². The highest BCUT2D eigenvalue weighted by Gasteiger charge is 2.25. The standard InChI is InChI=1S/C14H21NS/c1-3-11-6-4-7-12(10-11)14(15-2)13-8-5-9-16-13/h4,6-7,10,13-15H,3,5,8-9H2,1-2H3. The Morgan fingerprint density at radius 3 is 3.00 bits per heavy atom. The van der Waals surface area contributed by atoms with Crippen LogP contribution >= 0.6 is 11.8 Å². The summed E-state index contributed by atoms with van der Waals surface area (Å²) in [5.74, 6) is 1.33. The van der Waals surface area contributed by atoms with Crippen LogP contribution in [0.15, 0.2) is 24.3 Å². The molecule has 1 aliphatic rings. The van der Waals surface area contributed by atoms with Gasteiger partial charge in [0.25, 0.3) is 0 Å². The topological polar surface area (TPSA) is 12.0 Å². The Kier molecular flexibility index (Phi) is 4.30. The summed E-state index contributed by atoms with van der Waals surface area (Å²) in [6.45, 7) is 2.22. The van der Waals surface area contributed by atoms with Crippen molar-refractivity contribution >= 4 is 11.8 Å². The van der Waals surface area contributed by atoms with E-state index in [1.54, 1.807) is 0 Å². The molecule has 1 heterocycles. The van der Waals surface area contributed by atoms with Gasteiger partial charge in [0, 0.05) is 11.3 Å². The quantitative estimate of drug-likeness (QED) is 0.858. The third-order valence-electron chi connectivity index (χ3n) is 3.37. The molecule has 0 aromatic heterocycles. The predicted molar refractivity (Wildman–Crippen MR) is 73.1 cm³/mol. The lowest BCUT2D eigenvalue weighted by Gasteiger charge is -2.23. The van der Waals surface area contributed by atoms with Crippen molar-refractivity contribution in [3.05, 3.63) is 35.4 Å². The Balaban J connectivity index is 2.18. The molecule has 2 atom stereocenters. The lowest BCUT2D eigenvalue weighted by Crippen LogP contribution is -2.25. The third kappa shape index (κ3) is 2.61. The monoisotopic (exact) mass is 235 g/mol. The molecule has 1 nitrogen and oxygen atoms in total. The number of aryl methyl sites for hydroxylation is 1. The largest absolute Gasteiger partial charge is 0.312 e. The summed E-state index contributed by atoms with van der Waals surface area (Å²) < 4.78 is 0. The molecule has 2 rings (SSSR count). The van der Waals surface area contributed by atoms with Crippen molar-refractivity contribution < 1.29 is 0 Å². The van der Waals surface area contributed by atoms with E-state index in [0.717, 1.165) is 11.7 Å². The van der Waals surface area contributed by atoms with Crippen LogP contribution in [0.3, 0.4) is 0 Å². The van der Waals surface area contributed by atoms with E-state index in [2.05, 4.69) is 55.3 Å². The molecule has 0 aliphatic carbocycles. The molecule has 88 valence electrons. The van der Waals surface area contributed by atoms with E-state index in [1.807, 2.05) is 0 Å². The first-order valence-electron chi connectivity index (χ1n) is 6.23. The lowest BCUT2D eigenvalue weighted by molar-refractivity contribution is 0.551. The maximum atomic E-state index is 3.49. The van der Waals surface area contributed by atoms with E-state index in [0.29, 0.717) is 6.04 Å².